The molecule has 2 aromatic carbocycles. The molecule has 2 N–H and O–H groups in total. The minimum Gasteiger partial charge on any atom is -0.493 e. The molecule has 0 aromatic heterocycles. The van der Waals surface area contributed by atoms with E-state index in [0.717, 1.165) is 11.3 Å². The van der Waals surface area contributed by atoms with Crippen molar-refractivity contribution in [3.8, 4) is 11.5 Å². The van der Waals surface area contributed by atoms with E-state index in [0.29, 0.717) is 33.7 Å². The number of rotatable bonds is 9. The number of anilines is 1. The molecule has 2 aromatic rings. The SMILES string of the molecule is COc1ccc(/C=C2\SC(=S)N(CCCC(=O)NNc3ccccc3)C2=O)cc1OC. The largest absolute Gasteiger partial charge is 0.493 e. The number of methoxy groups -OCH3 is 2. The van der Waals surface area contributed by atoms with Gasteiger partial charge < -0.3 is 9.47 Å². The lowest BCUT2D eigenvalue weighted by molar-refractivity contribution is -0.123. The van der Waals surface area contributed by atoms with Gasteiger partial charge in [-0.3, -0.25) is 25.3 Å². The van der Waals surface area contributed by atoms with E-state index in [2.05, 4.69) is 10.9 Å². The highest BCUT2D eigenvalue weighted by molar-refractivity contribution is 8.26. The number of nitrogens with zero attached hydrogens (tertiary/aromatic N) is 1. The Kier molecular flexibility index (Phi) is 7.91. The fourth-order valence-corrected chi connectivity index (χ4v) is 4.22. The normalized spacial score (nSPS) is 14.6. The number of thiocarbonyl (C=S) groups is 1. The summed E-state index contributed by atoms with van der Waals surface area (Å²) in [5, 5.41) is 0. The molecule has 0 aliphatic carbocycles. The highest BCUT2D eigenvalue weighted by Crippen LogP contribution is 2.34. The maximum atomic E-state index is 12.8. The van der Waals surface area contributed by atoms with Gasteiger partial charge in [0.25, 0.3) is 5.91 Å². The predicted molar refractivity (Wildman–Crippen MR) is 127 cm³/mol. The van der Waals surface area contributed by atoms with Crippen LogP contribution in [-0.4, -0.2) is 41.8 Å². The minimum atomic E-state index is -0.160. The second-order valence-corrected chi connectivity index (χ2v) is 8.27. The van der Waals surface area contributed by atoms with E-state index < -0.39 is 0 Å². The van der Waals surface area contributed by atoms with Crippen molar-refractivity contribution in [3.05, 3.63) is 59.0 Å². The maximum absolute atomic E-state index is 12.8. The number of thioether (sulfide) groups is 1. The second kappa shape index (κ2) is 10.8. The lowest BCUT2D eigenvalue weighted by Gasteiger charge is -2.14. The van der Waals surface area contributed by atoms with Crippen LogP contribution in [0.15, 0.2) is 53.4 Å². The third-order valence-corrected chi connectivity index (χ3v) is 5.86. The van der Waals surface area contributed by atoms with Gasteiger partial charge >= 0.3 is 0 Å². The van der Waals surface area contributed by atoms with Gasteiger partial charge in [0.05, 0.1) is 24.8 Å². The summed E-state index contributed by atoms with van der Waals surface area (Å²) in [6.07, 6.45) is 2.54. The Morgan fingerprint density at radius 3 is 2.58 bits per heavy atom. The molecule has 162 valence electrons. The van der Waals surface area contributed by atoms with E-state index in [4.69, 9.17) is 21.7 Å². The number of amides is 2. The molecule has 0 bridgehead atoms. The van der Waals surface area contributed by atoms with Gasteiger partial charge in [-0.05, 0) is 42.3 Å². The number of para-hydroxylation sites is 1. The lowest BCUT2D eigenvalue weighted by Crippen LogP contribution is -2.32. The number of nitrogens with one attached hydrogen (secondary N) is 2. The zero-order chi connectivity index (χ0) is 22.2. The zero-order valence-corrected chi connectivity index (χ0v) is 18.8. The predicted octanol–water partition coefficient (Wildman–Crippen LogP) is 3.83. The summed E-state index contributed by atoms with van der Waals surface area (Å²) in [7, 11) is 3.13. The van der Waals surface area contributed by atoms with E-state index >= 15 is 0 Å². The Balaban J connectivity index is 1.53. The summed E-state index contributed by atoms with van der Waals surface area (Å²) in [6.45, 7) is 0.382. The summed E-state index contributed by atoms with van der Waals surface area (Å²) in [4.78, 5) is 26.9. The van der Waals surface area contributed by atoms with Crippen LogP contribution in [0.2, 0.25) is 0 Å². The van der Waals surface area contributed by atoms with E-state index in [1.807, 2.05) is 36.4 Å². The Morgan fingerprint density at radius 2 is 1.87 bits per heavy atom. The molecule has 1 aliphatic rings. The zero-order valence-electron chi connectivity index (χ0n) is 17.2. The van der Waals surface area contributed by atoms with Crippen molar-refractivity contribution in [2.45, 2.75) is 12.8 Å². The molecular weight excluding hydrogens is 434 g/mol. The van der Waals surface area contributed by atoms with Gasteiger partial charge in [0.1, 0.15) is 4.32 Å². The smallest absolute Gasteiger partial charge is 0.266 e. The number of hydrazine groups is 1. The summed E-state index contributed by atoms with van der Waals surface area (Å²) in [5.74, 6) is 0.886. The van der Waals surface area contributed by atoms with Crippen LogP contribution in [0.25, 0.3) is 6.08 Å². The topological polar surface area (TPSA) is 79.9 Å². The molecule has 0 saturated carbocycles. The Morgan fingerprint density at radius 1 is 1.13 bits per heavy atom. The summed E-state index contributed by atoms with van der Waals surface area (Å²) < 4.78 is 11.0. The van der Waals surface area contributed by atoms with Gasteiger partial charge in [-0.25, -0.2) is 0 Å². The summed E-state index contributed by atoms with van der Waals surface area (Å²) >= 11 is 6.61. The molecule has 0 spiro atoms. The van der Waals surface area contributed by atoms with Crippen molar-refractivity contribution in [1.29, 1.82) is 0 Å². The number of benzene rings is 2. The third kappa shape index (κ3) is 5.99. The molecule has 7 nitrogen and oxygen atoms in total. The van der Waals surface area contributed by atoms with Crippen LogP contribution in [0.3, 0.4) is 0 Å². The standard InChI is InChI=1S/C22H23N3O4S2/c1-28-17-11-10-15(13-18(17)29-2)14-19-21(27)25(22(30)31-19)12-6-9-20(26)24-23-16-7-4-3-5-8-16/h3-5,7-8,10-11,13-14,23H,6,9,12H2,1-2H3,(H,24,26)/b19-14-. The van der Waals surface area contributed by atoms with Crippen molar-refractivity contribution in [1.82, 2.24) is 10.3 Å². The van der Waals surface area contributed by atoms with Gasteiger partial charge in [-0.2, -0.15) is 0 Å². The number of carbonyl (C=O) groups excluding carboxylic acids is 2. The van der Waals surface area contributed by atoms with E-state index in [1.54, 1.807) is 32.4 Å². The molecule has 1 heterocycles. The van der Waals surface area contributed by atoms with Crippen molar-refractivity contribution in [2.24, 2.45) is 0 Å². The first-order valence-corrected chi connectivity index (χ1v) is 10.8. The van der Waals surface area contributed by atoms with Crippen molar-refractivity contribution in [3.63, 3.8) is 0 Å². The molecule has 3 rings (SSSR count). The number of ether oxygens (including phenoxy) is 2. The highest BCUT2D eigenvalue weighted by atomic mass is 32.2. The van der Waals surface area contributed by atoms with Gasteiger partial charge in [0.15, 0.2) is 11.5 Å². The Hall–Kier alpha value is -3.04. The maximum Gasteiger partial charge on any atom is 0.266 e. The summed E-state index contributed by atoms with van der Waals surface area (Å²) in [5.41, 5.74) is 7.11. The first-order chi connectivity index (χ1) is 15.0. The molecule has 0 unspecified atom stereocenters. The van der Waals surface area contributed by atoms with Gasteiger partial charge in [0, 0.05) is 13.0 Å². The average Bonchev–Trinajstić information content (AvgIpc) is 3.05. The van der Waals surface area contributed by atoms with Crippen molar-refractivity contribution >= 4 is 51.9 Å². The quantitative estimate of drug-likeness (QED) is 0.337. The lowest BCUT2D eigenvalue weighted by atomic mass is 10.2. The van der Waals surface area contributed by atoms with Crippen LogP contribution in [0.5, 0.6) is 11.5 Å². The third-order valence-electron chi connectivity index (χ3n) is 4.48. The fraction of sp³-hybridized carbons (Fsp3) is 0.227. The molecule has 9 heteroatoms. The average molecular weight is 458 g/mol. The van der Waals surface area contributed by atoms with E-state index in [1.165, 1.54) is 16.7 Å². The molecule has 1 saturated heterocycles. The Labute approximate surface area is 190 Å². The highest BCUT2D eigenvalue weighted by Gasteiger charge is 2.31. The second-order valence-electron chi connectivity index (χ2n) is 6.59. The van der Waals surface area contributed by atoms with Crippen LogP contribution < -0.4 is 20.3 Å². The number of hydrogen-bond donors (Lipinski definition) is 2. The first-order valence-electron chi connectivity index (χ1n) is 9.59. The van der Waals surface area contributed by atoms with Crippen LogP contribution in [-0.2, 0) is 9.59 Å². The molecule has 2 amide bonds. The summed E-state index contributed by atoms with van der Waals surface area (Å²) in [6, 6.07) is 14.8. The van der Waals surface area contributed by atoms with Crippen LogP contribution in [0.1, 0.15) is 18.4 Å². The monoisotopic (exact) mass is 457 g/mol. The fourth-order valence-electron chi connectivity index (χ4n) is 2.91. The molecule has 1 aliphatic heterocycles. The van der Waals surface area contributed by atoms with Crippen LogP contribution >= 0.6 is 24.0 Å². The minimum absolute atomic E-state index is 0.157. The van der Waals surface area contributed by atoms with Crippen LogP contribution in [0, 0.1) is 0 Å². The molecule has 1 fully saturated rings. The van der Waals surface area contributed by atoms with Crippen molar-refractivity contribution < 1.29 is 19.1 Å². The molecule has 31 heavy (non-hydrogen) atoms. The number of carbonyl (C=O) groups is 2. The number of hydrogen-bond acceptors (Lipinski definition) is 7. The molecular formula is C22H23N3O4S2. The first kappa shape index (κ1) is 22.6. The van der Waals surface area contributed by atoms with Gasteiger partial charge in [-0.15, -0.1) is 0 Å². The van der Waals surface area contributed by atoms with Gasteiger partial charge in [-0.1, -0.05) is 48.2 Å². The molecule has 0 atom stereocenters. The van der Waals surface area contributed by atoms with E-state index in [-0.39, 0.29) is 18.2 Å². The molecule has 0 radical (unpaired) electrons. The van der Waals surface area contributed by atoms with Crippen molar-refractivity contribution in [2.75, 3.05) is 26.2 Å². The van der Waals surface area contributed by atoms with Crippen LogP contribution in [0.4, 0.5) is 5.69 Å². The Bertz CT molecular complexity index is 996. The van der Waals surface area contributed by atoms with E-state index in [9.17, 15) is 9.59 Å². The van der Waals surface area contributed by atoms with Gasteiger partial charge in [0.2, 0.25) is 5.91 Å².